The van der Waals surface area contributed by atoms with Gasteiger partial charge in [-0.25, -0.2) is 0 Å². The van der Waals surface area contributed by atoms with Crippen LogP contribution in [0.25, 0.3) is 0 Å². The van der Waals surface area contributed by atoms with Gasteiger partial charge >= 0.3 is 0 Å². The molecule has 10 nitrogen and oxygen atoms in total. The molecule has 0 unspecified atom stereocenters. The maximum atomic E-state index is 13.7. The summed E-state index contributed by atoms with van der Waals surface area (Å²) in [6.07, 6.45) is -2.12. The van der Waals surface area contributed by atoms with E-state index in [1.54, 1.807) is 27.7 Å². The molecular formula is C34H50N4O6. The fourth-order valence-electron chi connectivity index (χ4n) is 5.23. The molecule has 0 fully saturated rings. The fraction of sp³-hybridized carbons (Fsp3) is 0.529. The van der Waals surface area contributed by atoms with E-state index in [0.29, 0.717) is 12.8 Å². The zero-order chi connectivity index (χ0) is 32.8. The Morgan fingerprint density at radius 1 is 0.568 bits per heavy atom. The lowest BCUT2D eigenvalue weighted by atomic mass is 9.82. The van der Waals surface area contributed by atoms with Crippen LogP contribution in [0.1, 0.15) is 51.7 Å². The van der Waals surface area contributed by atoms with Crippen molar-refractivity contribution in [1.29, 1.82) is 0 Å². The summed E-state index contributed by atoms with van der Waals surface area (Å²) >= 11 is 0. The van der Waals surface area contributed by atoms with E-state index in [1.807, 2.05) is 60.7 Å². The standard InChI is InChI=1S/C34H50N4O6/c1-21(2)27(33(43)35-5)37-31(41)25(19-17-23-13-9-7-10-14-23)29(39)30(40)26(20-18-24-15-11-8-12-16-24)32(42)38-28(22(3)4)34(44)36-6/h7-16,21-22,25-30,39-40H,17-20H2,1-6H3,(H,35,43)(H,36,44)(H,37,41)(H,38,42)/t25-,26-,27+,28+,29+,30+/m1/s1. The van der Waals surface area contributed by atoms with Gasteiger partial charge in [0, 0.05) is 14.1 Å². The van der Waals surface area contributed by atoms with Gasteiger partial charge in [0.1, 0.15) is 12.1 Å². The first-order valence-electron chi connectivity index (χ1n) is 15.4. The molecule has 10 heteroatoms. The Bertz CT molecular complexity index is 1100. The van der Waals surface area contributed by atoms with Gasteiger partial charge in [0.2, 0.25) is 23.6 Å². The summed E-state index contributed by atoms with van der Waals surface area (Å²) in [6, 6.07) is 17.1. The van der Waals surface area contributed by atoms with Crippen LogP contribution in [0.15, 0.2) is 60.7 Å². The molecule has 0 spiro atoms. The lowest BCUT2D eigenvalue weighted by Gasteiger charge is -2.33. The third-order valence-corrected chi connectivity index (χ3v) is 8.01. The first-order valence-corrected chi connectivity index (χ1v) is 15.4. The molecule has 0 saturated carbocycles. The van der Waals surface area contributed by atoms with Crippen LogP contribution in [0.5, 0.6) is 0 Å². The van der Waals surface area contributed by atoms with Crippen molar-refractivity contribution in [1.82, 2.24) is 21.3 Å². The van der Waals surface area contributed by atoms with Gasteiger partial charge in [0.05, 0.1) is 24.0 Å². The molecule has 4 amide bonds. The molecule has 0 saturated heterocycles. The summed E-state index contributed by atoms with van der Waals surface area (Å²) in [4.78, 5) is 52.4. The van der Waals surface area contributed by atoms with E-state index in [2.05, 4.69) is 21.3 Å². The van der Waals surface area contributed by atoms with Crippen molar-refractivity contribution in [3.05, 3.63) is 71.8 Å². The SMILES string of the molecule is CNC(=O)[C@@H](NC(=O)[C@H](CCc1ccccc1)[C@H](O)[C@@H](O)[C@@H](CCc1ccccc1)C(=O)N[C@H](C(=O)NC)C(C)C)C(C)C. The molecule has 0 aliphatic rings. The van der Waals surface area contributed by atoms with Gasteiger partial charge in [-0.1, -0.05) is 88.4 Å². The van der Waals surface area contributed by atoms with Gasteiger partial charge in [-0.15, -0.1) is 0 Å². The van der Waals surface area contributed by atoms with Crippen molar-refractivity contribution >= 4 is 23.6 Å². The van der Waals surface area contributed by atoms with Crippen LogP contribution in [0.3, 0.4) is 0 Å². The maximum Gasteiger partial charge on any atom is 0.242 e. The average molecular weight is 611 g/mol. The van der Waals surface area contributed by atoms with E-state index in [9.17, 15) is 29.4 Å². The normalized spacial score (nSPS) is 15.4. The highest BCUT2D eigenvalue weighted by Crippen LogP contribution is 2.25. The molecule has 0 aromatic heterocycles. The minimum absolute atomic E-state index is 0.159. The second kappa shape index (κ2) is 18.1. The second-order valence-electron chi connectivity index (χ2n) is 11.9. The summed E-state index contributed by atoms with van der Waals surface area (Å²) in [7, 11) is 2.96. The maximum absolute atomic E-state index is 13.7. The molecule has 0 aliphatic heterocycles. The predicted octanol–water partition coefficient (Wildman–Crippen LogP) is 1.98. The van der Waals surface area contributed by atoms with Crippen LogP contribution in [0, 0.1) is 23.7 Å². The molecule has 242 valence electrons. The summed E-state index contributed by atoms with van der Waals surface area (Å²) in [5.74, 6) is -4.69. The summed E-state index contributed by atoms with van der Waals surface area (Å²) in [6.45, 7) is 7.19. The van der Waals surface area contributed by atoms with Crippen LogP contribution < -0.4 is 21.3 Å². The van der Waals surface area contributed by atoms with Crippen LogP contribution in [0.2, 0.25) is 0 Å². The monoisotopic (exact) mass is 610 g/mol. The molecule has 0 bridgehead atoms. The van der Waals surface area contributed by atoms with Crippen molar-refractivity contribution in [2.75, 3.05) is 14.1 Å². The predicted molar refractivity (Wildman–Crippen MR) is 170 cm³/mol. The smallest absolute Gasteiger partial charge is 0.242 e. The Labute approximate surface area is 261 Å². The van der Waals surface area contributed by atoms with E-state index in [-0.39, 0.29) is 36.5 Å². The van der Waals surface area contributed by atoms with Crippen LogP contribution >= 0.6 is 0 Å². The number of hydrogen-bond acceptors (Lipinski definition) is 6. The van der Waals surface area contributed by atoms with Gasteiger partial charge < -0.3 is 31.5 Å². The van der Waals surface area contributed by atoms with Crippen LogP contribution in [-0.4, -0.2) is 72.2 Å². The van der Waals surface area contributed by atoms with Gasteiger partial charge in [-0.05, 0) is 48.6 Å². The highest BCUT2D eigenvalue weighted by molar-refractivity contribution is 5.90. The van der Waals surface area contributed by atoms with Crippen molar-refractivity contribution in [3.63, 3.8) is 0 Å². The Balaban J connectivity index is 2.42. The Morgan fingerprint density at radius 2 is 0.886 bits per heavy atom. The molecule has 2 aromatic rings. The minimum Gasteiger partial charge on any atom is -0.390 e. The second-order valence-corrected chi connectivity index (χ2v) is 11.9. The number of hydrogen-bond donors (Lipinski definition) is 6. The first-order chi connectivity index (χ1) is 20.9. The lowest BCUT2D eigenvalue weighted by Crippen LogP contribution is -2.56. The number of nitrogens with one attached hydrogen (secondary N) is 4. The number of aryl methyl sites for hydroxylation is 2. The molecule has 6 atom stereocenters. The van der Waals surface area contributed by atoms with Crippen molar-refractivity contribution < 1.29 is 29.4 Å². The molecule has 44 heavy (non-hydrogen) atoms. The highest BCUT2D eigenvalue weighted by atomic mass is 16.3. The van der Waals surface area contributed by atoms with Gasteiger partial charge in [-0.3, -0.25) is 19.2 Å². The van der Waals surface area contributed by atoms with Crippen LogP contribution in [0.4, 0.5) is 0 Å². The number of benzene rings is 2. The summed E-state index contributed by atoms with van der Waals surface area (Å²) < 4.78 is 0. The largest absolute Gasteiger partial charge is 0.390 e. The Kier molecular flexibility index (Phi) is 15.0. The molecule has 2 rings (SSSR count). The average Bonchev–Trinajstić information content (AvgIpc) is 3.02. The van der Waals surface area contributed by atoms with Crippen molar-refractivity contribution in [3.8, 4) is 0 Å². The van der Waals surface area contributed by atoms with E-state index in [1.165, 1.54) is 14.1 Å². The molecule has 2 aromatic carbocycles. The van der Waals surface area contributed by atoms with E-state index >= 15 is 0 Å². The quantitative estimate of drug-likeness (QED) is 0.161. The zero-order valence-corrected chi connectivity index (χ0v) is 26.7. The third-order valence-electron chi connectivity index (χ3n) is 8.01. The first kappa shape index (κ1) is 36.4. The molecule has 0 heterocycles. The number of carbonyl (C=O) groups excluding carboxylic acids is 4. The van der Waals surface area contributed by atoms with E-state index < -0.39 is 47.9 Å². The number of aliphatic hydroxyl groups is 2. The lowest BCUT2D eigenvalue weighted by molar-refractivity contribution is -0.144. The fourth-order valence-corrected chi connectivity index (χ4v) is 5.23. The zero-order valence-electron chi connectivity index (χ0n) is 26.7. The number of rotatable bonds is 17. The molecule has 0 radical (unpaired) electrons. The highest BCUT2D eigenvalue weighted by Gasteiger charge is 2.41. The Morgan fingerprint density at radius 3 is 1.16 bits per heavy atom. The number of carbonyl (C=O) groups is 4. The Hall–Kier alpha value is -3.76. The molecule has 6 N–H and O–H groups in total. The topological polar surface area (TPSA) is 157 Å². The van der Waals surface area contributed by atoms with E-state index in [0.717, 1.165) is 11.1 Å². The third kappa shape index (κ3) is 10.7. The van der Waals surface area contributed by atoms with E-state index in [4.69, 9.17) is 0 Å². The number of aliphatic hydroxyl groups excluding tert-OH is 2. The molecular weight excluding hydrogens is 560 g/mol. The van der Waals surface area contributed by atoms with Crippen LogP contribution in [-0.2, 0) is 32.0 Å². The summed E-state index contributed by atoms with van der Waals surface area (Å²) in [5, 5.41) is 33.9. The minimum atomic E-state index is -1.64. The van der Waals surface area contributed by atoms with Gasteiger partial charge in [0.25, 0.3) is 0 Å². The van der Waals surface area contributed by atoms with Crippen molar-refractivity contribution in [2.24, 2.45) is 23.7 Å². The molecule has 0 aliphatic carbocycles. The number of amides is 4. The van der Waals surface area contributed by atoms with Crippen molar-refractivity contribution in [2.45, 2.75) is 77.7 Å². The van der Waals surface area contributed by atoms with Gasteiger partial charge in [0.15, 0.2) is 0 Å². The number of likely N-dealkylation sites (N-methyl/N-ethyl adjacent to an activating group) is 2. The van der Waals surface area contributed by atoms with Gasteiger partial charge in [-0.2, -0.15) is 0 Å². The summed E-state index contributed by atoms with van der Waals surface area (Å²) in [5.41, 5.74) is 1.87.